The van der Waals surface area contributed by atoms with E-state index in [4.69, 9.17) is 4.74 Å². The highest BCUT2D eigenvalue weighted by atomic mass is 16.5. The van der Waals surface area contributed by atoms with Crippen molar-refractivity contribution in [2.24, 2.45) is 0 Å². The number of hydrogen-bond donors (Lipinski definition) is 2. The van der Waals surface area contributed by atoms with E-state index in [2.05, 4.69) is 5.32 Å². The Morgan fingerprint density at radius 3 is 3.00 bits per heavy atom. The Morgan fingerprint density at radius 2 is 2.27 bits per heavy atom. The fourth-order valence-electron chi connectivity index (χ4n) is 1.83. The number of hydrogen-bond acceptors (Lipinski definition) is 3. The minimum atomic E-state index is 0.391. The summed E-state index contributed by atoms with van der Waals surface area (Å²) < 4.78 is 5.27. The number of aromatic hydroxyl groups is 1. The summed E-state index contributed by atoms with van der Waals surface area (Å²) in [5.74, 6) is 0.391. The normalized spacial score (nSPS) is 20.7. The monoisotopic (exact) mass is 207 g/mol. The van der Waals surface area contributed by atoms with Gasteiger partial charge in [-0.15, -0.1) is 0 Å². The van der Waals surface area contributed by atoms with E-state index in [9.17, 15) is 5.11 Å². The van der Waals surface area contributed by atoms with Gasteiger partial charge in [-0.2, -0.15) is 0 Å². The molecule has 82 valence electrons. The molecule has 0 radical (unpaired) electrons. The highest BCUT2D eigenvalue weighted by Crippen LogP contribution is 2.15. The van der Waals surface area contributed by atoms with Gasteiger partial charge in [-0.1, -0.05) is 18.2 Å². The predicted octanol–water partition coefficient (Wildman–Crippen LogP) is 1.31. The molecule has 0 spiro atoms. The molecule has 1 aromatic rings. The molecule has 2 N–H and O–H groups in total. The van der Waals surface area contributed by atoms with Gasteiger partial charge in [0, 0.05) is 12.6 Å². The topological polar surface area (TPSA) is 41.5 Å². The first kappa shape index (κ1) is 10.5. The second-order valence-corrected chi connectivity index (χ2v) is 3.89. The van der Waals surface area contributed by atoms with Gasteiger partial charge in [0.2, 0.25) is 0 Å². The van der Waals surface area contributed by atoms with E-state index in [1.807, 2.05) is 18.2 Å². The van der Waals surface area contributed by atoms with E-state index in [1.54, 1.807) is 6.07 Å². The Morgan fingerprint density at radius 1 is 1.40 bits per heavy atom. The van der Waals surface area contributed by atoms with E-state index in [0.29, 0.717) is 11.8 Å². The molecule has 1 saturated heterocycles. The number of nitrogens with one attached hydrogen (secondary N) is 1. The van der Waals surface area contributed by atoms with E-state index in [0.717, 1.165) is 38.2 Å². The second kappa shape index (κ2) is 5.14. The standard InChI is InChI=1S/C12H17NO2/c14-12-4-2-1-3-10(12)5-7-13-11-6-8-15-9-11/h1-4,11,13-14H,5-9H2. The lowest BCUT2D eigenvalue weighted by Gasteiger charge is -2.10. The highest BCUT2D eigenvalue weighted by Gasteiger charge is 2.14. The van der Waals surface area contributed by atoms with Crippen molar-refractivity contribution >= 4 is 0 Å². The van der Waals surface area contributed by atoms with Crippen LogP contribution in [0, 0.1) is 0 Å². The quantitative estimate of drug-likeness (QED) is 0.782. The molecule has 1 atom stereocenters. The van der Waals surface area contributed by atoms with Crippen LogP contribution in [0.1, 0.15) is 12.0 Å². The second-order valence-electron chi connectivity index (χ2n) is 3.89. The summed E-state index contributed by atoms with van der Waals surface area (Å²) in [6.45, 7) is 2.58. The molecule has 1 fully saturated rings. The van der Waals surface area contributed by atoms with Gasteiger partial charge in [-0.05, 0) is 31.0 Å². The Bertz CT molecular complexity index is 308. The van der Waals surface area contributed by atoms with Crippen molar-refractivity contribution in [2.75, 3.05) is 19.8 Å². The molecule has 1 unspecified atom stereocenters. The van der Waals surface area contributed by atoms with E-state index in [1.165, 1.54) is 0 Å². The average molecular weight is 207 g/mol. The molecule has 0 bridgehead atoms. The lowest BCUT2D eigenvalue weighted by molar-refractivity contribution is 0.190. The summed E-state index contributed by atoms with van der Waals surface area (Å²) >= 11 is 0. The predicted molar refractivity (Wildman–Crippen MR) is 59.0 cm³/mol. The minimum Gasteiger partial charge on any atom is -0.508 e. The van der Waals surface area contributed by atoms with Gasteiger partial charge in [-0.3, -0.25) is 0 Å². The summed E-state index contributed by atoms with van der Waals surface area (Å²) in [6, 6.07) is 7.98. The summed E-state index contributed by atoms with van der Waals surface area (Å²) in [6.07, 6.45) is 1.96. The highest BCUT2D eigenvalue weighted by molar-refractivity contribution is 5.31. The third kappa shape index (κ3) is 2.94. The van der Waals surface area contributed by atoms with Gasteiger partial charge in [0.25, 0.3) is 0 Å². The smallest absolute Gasteiger partial charge is 0.118 e. The van der Waals surface area contributed by atoms with Gasteiger partial charge in [-0.25, -0.2) is 0 Å². The molecule has 1 aromatic carbocycles. The number of ether oxygens (including phenoxy) is 1. The van der Waals surface area contributed by atoms with Crippen molar-refractivity contribution in [3.63, 3.8) is 0 Å². The number of para-hydroxylation sites is 1. The van der Waals surface area contributed by atoms with Crippen LogP contribution in [-0.2, 0) is 11.2 Å². The maximum absolute atomic E-state index is 9.55. The summed E-state index contributed by atoms with van der Waals surface area (Å²) in [4.78, 5) is 0. The van der Waals surface area contributed by atoms with Crippen LogP contribution in [0.5, 0.6) is 5.75 Å². The van der Waals surface area contributed by atoms with Crippen molar-refractivity contribution in [3.05, 3.63) is 29.8 Å². The summed E-state index contributed by atoms with van der Waals surface area (Å²) in [7, 11) is 0. The fraction of sp³-hybridized carbons (Fsp3) is 0.500. The molecule has 3 nitrogen and oxygen atoms in total. The Balaban J connectivity index is 1.75. The van der Waals surface area contributed by atoms with Crippen LogP contribution in [0.25, 0.3) is 0 Å². The first-order chi connectivity index (χ1) is 7.36. The molecule has 0 saturated carbocycles. The molecule has 1 aliphatic rings. The fourth-order valence-corrected chi connectivity index (χ4v) is 1.83. The number of phenolic OH excluding ortho intramolecular Hbond substituents is 1. The number of rotatable bonds is 4. The molecule has 1 heterocycles. The van der Waals surface area contributed by atoms with Gasteiger partial charge < -0.3 is 15.2 Å². The van der Waals surface area contributed by atoms with E-state index in [-0.39, 0.29) is 0 Å². The SMILES string of the molecule is Oc1ccccc1CCNC1CCOC1. The van der Waals surface area contributed by atoms with E-state index < -0.39 is 0 Å². The van der Waals surface area contributed by atoms with Crippen molar-refractivity contribution in [1.82, 2.24) is 5.32 Å². The molecule has 0 aliphatic carbocycles. The van der Waals surface area contributed by atoms with Crippen LogP contribution in [-0.4, -0.2) is 30.9 Å². The maximum atomic E-state index is 9.55. The van der Waals surface area contributed by atoms with Crippen LogP contribution in [0.4, 0.5) is 0 Å². The van der Waals surface area contributed by atoms with Crippen LogP contribution >= 0.6 is 0 Å². The third-order valence-electron chi connectivity index (χ3n) is 2.75. The van der Waals surface area contributed by atoms with Crippen LogP contribution in [0.15, 0.2) is 24.3 Å². The minimum absolute atomic E-state index is 0.391. The molecular formula is C12H17NO2. The molecule has 2 rings (SSSR count). The maximum Gasteiger partial charge on any atom is 0.118 e. The van der Waals surface area contributed by atoms with Gasteiger partial charge in [0.15, 0.2) is 0 Å². The molecule has 15 heavy (non-hydrogen) atoms. The lowest BCUT2D eigenvalue weighted by Crippen LogP contribution is -2.30. The van der Waals surface area contributed by atoms with Crippen LogP contribution < -0.4 is 5.32 Å². The molecular weight excluding hydrogens is 190 g/mol. The zero-order valence-corrected chi connectivity index (χ0v) is 8.78. The van der Waals surface area contributed by atoms with Crippen LogP contribution in [0.3, 0.4) is 0 Å². The first-order valence-corrected chi connectivity index (χ1v) is 5.44. The Kier molecular flexibility index (Phi) is 3.59. The molecule has 0 aromatic heterocycles. The van der Waals surface area contributed by atoms with Crippen molar-refractivity contribution < 1.29 is 9.84 Å². The van der Waals surface area contributed by atoms with Crippen molar-refractivity contribution in [2.45, 2.75) is 18.9 Å². The third-order valence-corrected chi connectivity index (χ3v) is 2.75. The lowest BCUT2D eigenvalue weighted by atomic mass is 10.1. The zero-order valence-electron chi connectivity index (χ0n) is 8.78. The number of benzene rings is 1. The van der Waals surface area contributed by atoms with Gasteiger partial charge in [0.05, 0.1) is 6.61 Å². The average Bonchev–Trinajstić information content (AvgIpc) is 2.74. The van der Waals surface area contributed by atoms with Crippen molar-refractivity contribution in [1.29, 1.82) is 0 Å². The largest absolute Gasteiger partial charge is 0.508 e. The molecule has 3 heteroatoms. The van der Waals surface area contributed by atoms with E-state index >= 15 is 0 Å². The number of phenols is 1. The van der Waals surface area contributed by atoms with Crippen molar-refractivity contribution in [3.8, 4) is 5.75 Å². The molecule has 0 amide bonds. The summed E-state index contributed by atoms with van der Waals surface area (Å²) in [5, 5.41) is 13.0. The van der Waals surface area contributed by atoms with Gasteiger partial charge >= 0.3 is 0 Å². The van der Waals surface area contributed by atoms with Crippen LogP contribution in [0.2, 0.25) is 0 Å². The Hall–Kier alpha value is -1.06. The first-order valence-electron chi connectivity index (χ1n) is 5.44. The zero-order chi connectivity index (χ0) is 10.5. The molecule has 1 aliphatic heterocycles. The Labute approximate surface area is 90.1 Å². The summed E-state index contributed by atoms with van der Waals surface area (Å²) in [5.41, 5.74) is 1.00. The van der Waals surface area contributed by atoms with Gasteiger partial charge in [0.1, 0.15) is 5.75 Å².